The molecular formula is C11H12F2O2. The molecule has 15 heavy (non-hydrogen) atoms. The topological polar surface area (TPSA) is 37.3 Å². The zero-order chi connectivity index (χ0) is 11.3. The number of aliphatic hydroxyl groups is 1. The van der Waals surface area contributed by atoms with Crippen LogP contribution in [0.3, 0.4) is 0 Å². The molecule has 0 spiro atoms. The molecule has 82 valence electrons. The fraction of sp³-hybridized carbons (Fsp3) is 0.364. The third-order valence-corrected chi connectivity index (χ3v) is 2.01. The van der Waals surface area contributed by atoms with Gasteiger partial charge in [0.15, 0.2) is 0 Å². The van der Waals surface area contributed by atoms with Crippen LogP contribution in [0.2, 0.25) is 0 Å². The zero-order valence-corrected chi connectivity index (χ0v) is 8.17. The van der Waals surface area contributed by atoms with Crippen molar-refractivity contribution in [3.63, 3.8) is 0 Å². The number of hydrogen-bond acceptors (Lipinski definition) is 2. The van der Waals surface area contributed by atoms with Crippen molar-refractivity contribution in [2.45, 2.75) is 19.3 Å². The predicted molar refractivity (Wildman–Crippen MR) is 51.4 cm³/mol. The molecule has 0 unspecified atom stereocenters. The van der Waals surface area contributed by atoms with E-state index in [0.29, 0.717) is 6.42 Å². The molecule has 1 aromatic carbocycles. The minimum atomic E-state index is -0.575. The quantitative estimate of drug-likeness (QED) is 0.812. The highest BCUT2D eigenvalue weighted by Gasteiger charge is 2.08. The fourth-order valence-electron chi connectivity index (χ4n) is 1.26. The van der Waals surface area contributed by atoms with E-state index in [1.165, 1.54) is 0 Å². The van der Waals surface area contributed by atoms with Gasteiger partial charge in [-0.1, -0.05) is 0 Å². The first kappa shape index (κ1) is 11.8. The molecular weight excluding hydrogens is 202 g/mol. The highest BCUT2D eigenvalue weighted by atomic mass is 19.1. The van der Waals surface area contributed by atoms with Crippen LogP contribution in [0.1, 0.15) is 18.4 Å². The summed E-state index contributed by atoms with van der Waals surface area (Å²) in [4.78, 5) is 11.2. The Labute approximate surface area is 86.5 Å². The summed E-state index contributed by atoms with van der Waals surface area (Å²) in [5, 5.41) is 8.49. The average molecular weight is 214 g/mol. The molecule has 1 aromatic rings. The van der Waals surface area contributed by atoms with Crippen molar-refractivity contribution in [3.8, 4) is 0 Å². The van der Waals surface area contributed by atoms with E-state index in [-0.39, 0.29) is 30.8 Å². The van der Waals surface area contributed by atoms with Crippen LogP contribution in [-0.4, -0.2) is 17.5 Å². The summed E-state index contributed by atoms with van der Waals surface area (Å²) < 4.78 is 25.8. The Morgan fingerprint density at radius 3 is 2.73 bits per heavy atom. The van der Waals surface area contributed by atoms with Gasteiger partial charge in [-0.25, -0.2) is 8.78 Å². The number of aliphatic hydroxyl groups excluding tert-OH is 1. The van der Waals surface area contributed by atoms with Gasteiger partial charge in [0, 0.05) is 19.4 Å². The van der Waals surface area contributed by atoms with Crippen molar-refractivity contribution in [1.29, 1.82) is 0 Å². The monoisotopic (exact) mass is 214 g/mol. The summed E-state index contributed by atoms with van der Waals surface area (Å²) in [6, 6.07) is 3.03. The molecule has 0 aliphatic carbocycles. The Morgan fingerprint density at radius 1 is 1.33 bits per heavy atom. The van der Waals surface area contributed by atoms with Gasteiger partial charge in [-0.15, -0.1) is 0 Å². The lowest BCUT2D eigenvalue weighted by atomic mass is 10.1. The van der Waals surface area contributed by atoms with E-state index in [0.717, 1.165) is 18.2 Å². The summed E-state index contributed by atoms with van der Waals surface area (Å²) in [5.74, 6) is -1.33. The highest BCUT2D eigenvalue weighted by Crippen LogP contribution is 2.11. The number of benzene rings is 1. The standard InChI is InChI=1S/C11H12F2O2/c12-9-3-4-11(13)8(6-9)7-10(15)2-1-5-14/h3-4,6,14H,1-2,5,7H2. The number of rotatable bonds is 5. The summed E-state index contributed by atoms with van der Waals surface area (Å²) in [6.07, 6.45) is 0.422. The molecule has 0 saturated carbocycles. The second kappa shape index (κ2) is 5.56. The van der Waals surface area contributed by atoms with Crippen LogP contribution in [-0.2, 0) is 11.2 Å². The van der Waals surface area contributed by atoms with Gasteiger partial charge in [-0.05, 0) is 30.2 Å². The number of halogens is 2. The second-order valence-corrected chi connectivity index (χ2v) is 3.28. The van der Waals surface area contributed by atoms with Gasteiger partial charge in [0.25, 0.3) is 0 Å². The van der Waals surface area contributed by atoms with Crippen LogP contribution < -0.4 is 0 Å². The number of carbonyl (C=O) groups excluding carboxylic acids is 1. The summed E-state index contributed by atoms with van der Waals surface area (Å²) >= 11 is 0. The smallest absolute Gasteiger partial charge is 0.137 e. The molecule has 0 atom stereocenters. The minimum absolute atomic E-state index is 0.0675. The molecule has 0 saturated heterocycles. The van der Waals surface area contributed by atoms with E-state index in [4.69, 9.17) is 5.11 Å². The highest BCUT2D eigenvalue weighted by molar-refractivity contribution is 5.80. The lowest BCUT2D eigenvalue weighted by Crippen LogP contribution is -2.05. The zero-order valence-electron chi connectivity index (χ0n) is 8.17. The lowest BCUT2D eigenvalue weighted by Gasteiger charge is -2.02. The minimum Gasteiger partial charge on any atom is -0.396 e. The fourth-order valence-corrected chi connectivity index (χ4v) is 1.26. The van der Waals surface area contributed by atoms with Crippen LogP contribution in [0.5, 0.6) is 0 Å². The molecule has 0 heterocycles. The molecule has 0 fully saturated rings. The SMILES string of the molecule is O=C(CCCO)Cc1cc(F)ccc1F. The maximum atomic E-state index is 13.1. The van der Waals surface area contributed by atoms with E-state index in [9.17, 15) is 13.6 Å². The van der Waals surface area contributed by atoms with Crippen molar-refractivity contribution >= 4 is 5.78 Å². The van der Waals surface area contributed by atoms with Crippen molar-refractivity contribution in [3.05, 3.63) is 35.4 Å². The molecule has 4 heteroatoms. The largest absolute Gasteiger partial charge is 0.396 e. The predicted octanol–water partition coefficient (Wildman–Crippen LogP) is 1.85. The van der Waals surface area contributed by atoms with Crippen LogP contribution in [0.15, 0.2) is 18.2 Å². The maximum absolute atomic E-state index is 13.1. The van der Waals surface area contributed by atoms with E-state index < -0.39 is 11.6 Å². The Balaban J connectivity index is 2.63. The molecule has 0 aliphatic rings. The van der Waals surface area contributed by atoms with E-state index in [1.807, 2.05) is 0 Å². The molecule has 2 nitrogen and oxygen atoms in total. The first-order valence-electron chi connectivity index (χ1n) is 4.70. The van der Waals surface area contributed by atoms with Crippen LogP contribution >= 0.6 is 0 Å². The van der Waals surface area contributed by atoms with Crippen molar-refractivity contribution in [2.24, 2.45) is 0 Å². The van der Waals surface area contributed by atoms with Gasteiger partial charge >= 0.3 is 0 Å². The van der Waals surface area contributed by atoms with E-state index >= 15 is 0 Å². The molecule has 0 bridgehead atoms. The summed E-state index contributed by atoms with van der Waals surface area (Å²) in [6.45, 7) is -0.0721. The number of ketones is 1. The Morgan fingerprint density at radius 2 is 2.07 bits per heavy atom. The lowest BCUT2D eigenvalue weighted by molar-refractivity contribution is -0.118. The molecule has 0 aromatic heterocycles. The van der Waals surface area contributed by atoms with Gasteiger partial charge < -0.3 is 5.11 Å². The Hall–Kier alpha value is -1.29. The third-order valence-electron chi connectivity index (χ3n) is 2.01. The molecule has 0 amide bonds. The molecule has 1 N–H and O–H groups in total. The van der Waals surface area contributed by atoms with Crippen LogP contribution in [0.4, 0.5) is 8.78 Å². The Bertz CT molecular complexity index is 350. The first-order chi connectivity index (χ1) is 7.13. The van der Waals surface area contributed by atoms with E-state index in [1.54, 1.807) is 0 Å². The Kier molecular flexibility index (Phi) is 4.37. The number of Topliss-reactive ketones (excluding diaryl/α,β-unsaturated/α-hetero) is 1. The van der Waals surface area contributed by atoms with Gasteiger partial charge in [0.05, 0.1) is 0 Å². The summed E-state index contributed by atoms with van der Waals surface area (Å²) in [7, 11) is 0. The second-order valence-electron chi connectivity index (χ2n) is 3.28. The molecule has 0 radical (unpaired) electrons. The van der Waals surface area contributed by atoms with Crippen LogP contribution in [0.25, 0.3) is 0 Å². The van der Waals surface area contributed by atoms with Crippen molar-refractivity contribution in [2.75, 3.05) is 6.61 Å². The van der Waals surface area contributed by atoms with Gasteiger partial charge in [-0.2, -0.15) is 0 Å². The molecule has 0 aliphatic heterocycles. The van der Waals surface area contributed by atoms with Gasteiger partial charge in [-0.3, -0.25) is 4.79 Å². The number of carbonyl (C=O) groups is 1. The van der Waals surface area contributed by atoms with Crippen LogP contribution in [0, 0.1) is 11.6 Å². The molecule has 1 rings (SSSR count). The third kappa shape index (κ3) is 3.75. The van der Waals surface area contributed by atoms with Crippen molar-refractivity contribution < 1.29 is 18.7 Å². The van der Waals surface area contributed by atoms with Gasteiger partial charge in [0.2, 0.25) is 0 Å². The first-order valence-corrected chi connectivity index (χ1v) is 4.70. The average Bonchev–Trinajstić information content (AvgIpc) is 2.20. The van der Waals surface area contributed by atoms with E-state index in [2.05, 4.69) is 0 Å². The normalized spacial score (nSPS) is 10.3. The maximum Gasteiger partial charge on any atom is 0.137 e. The number of hydrogen-bond donors (Lipinski definition) is 1. The summed E-state index contributed by atoms with van der Waals surface area (Å²) in [5.41, 5.74) is 0.0675. The van der Waals surface area contributed by atoms with Gasteiger partial charge in [0.1, 0.15) is 17.4 Å². The van der Waals surface area contributed by atoms with Crippen molar-refractivity contribution in [1.82, 2.24) is 0 Å².